The van der Waals surface area contributed by atoms with Crippen LogP contribution in [0.3, 0.4) is 0 Å². The van der Waals surface area contributed by atoms with Gasteiger partial charge in [-0.2, -0.15) is 0 Å². The van der Waals surface area contributed by atoms with Gasteiger partial charge in [-0.1, -0.05) is 33.6 Å². The van der Waals surface area contributed by atoms with Crippen LogP contribution in [0.5, 0.6) is 0 Å². The van der Waals surface area contributed by atoms with Crippen LogP contribution in [0.15, 0.2) is 0 Å². The molecule has 0 aromatic rings. The number of carbonyl (C=O) groups is 1. The van der Waals surface area contributed by atoms with Gasteiger partial charge in [0.15, 0.2) is 0 Å². The van der Waals surface area contributed by atoms with E-state index in [-0.39, 0.29) is 11.3 Å². The summed E-state index contributed by atoms with van der Waals surface area (Å²) in [4.78, 5) is 11.6. The molecule has 1 aliphatic rings. The van der Waals surface area contributed by atoms with Gasteiger partial charge in [0, 0.05) is 6.54 Å². The molecule has 0 heterocycles. The van der Waals surface area contributed by atoms with Crippen molar-refractivity contribution in [1.29, 1.82) is 0 Å². The zero-order chi connectivity index (χ0) is 10.8. The number of hydrogen-bond acceptors (Lipinski definition) is 2. The number of nitrogens with two attached hydrogens (primary N) is 1. The molecule has 1 rings (SSSR count). The Labute approximate surface area is 86.4 Å². The number of amides is 1. The highest BCUT2D eigenvalue weighted by Gasteiger charge is 2.27. The predicted molar refractivity (Wildman–Crippen MR) is 57.8 cm³/mol. The lowest BCUT2D eigenvalue weighted by Gasteiger charge is -2.25. The summed E-state index contributed by atoms with van der Waals surface area (Å²) in [7, 11) is 0. The van der Waals surface area contributed by atoms with E-state index in [1.54, 1.807) is 0 Å². The number of carbonyl (C=O) groups excluding carboxylic acids is 1. The molecule has 0 aromatic carbocycles. The molecule has 3 N–H and O–H groups in total. The molecule has 1 atom stereocenters. The zero-order valence-electron chi connectivity index (χ0n) is 9.47. The second-order valence-electron chi connectivity index (χ2n) is 5.37. The van der Waals surface area contributed by atoms with E-state index in [4.69, 9.17) is 5.73 Å². The SMILES string of the molecule is CC(C)(C)[C@@H](N)C(=O)NCCC1CC1. The number of rotatable bonds is 4. The Morgan fingerprint density at radius 1 is 1.50 bits per heavy atom. The van der Waals surface area contributed by atoms with Gasteiger partial charge in [-0.25, -0.2) is 0 Å². The highest BCUT2D eigenvalue weighted by atomic mass is 16.2. The smallest absolute Gasteiger partial charge is 0.237 e. The van der Waals surface area contributed by atoms with Crippen LogP contribution < -0.4 is 11.1 Å². The molecule has 0 saturated heterocycles. The normalized spacial score (nSPS) is 19.1. The lowest BCUT2D eigenvalue weighted by molar-refractivity contribution is -0.124. The Bertz CT molecular complexity index is 204. The molecule has 3 heteroatoms. The van der Waals surface area contributed by atoms with E-state index in [1.807, 2.05) is 20.8 Å². The van der Waals surface area contributed by atoms with E-state index in [2.05, 4.69) is 5.32 Å². The van der Waals surface area contributed by atoms with E-state index in [1.165, 1.54) is 12.8 Å². The van der Waals surface area contributed by atoms with Gasteiger partial charge in [0.05, 0.1) is 6.04 Å². The van der Waals surface area contributed by atoms with Gasteiger partial charge in [-0.05, 0) is 17.8 Å². The van der Waals surface area contributed by atoms with Gasteiger partial charge >= 0.3 is 0 Å². The first kappa shape index (κ1) is 11.5. The molecular weight excluding hydrogens is 176 g/mol. The van der Waals surface area contributed by atoms with E-state index < -0.39 is 6.04 Å². The lowest BCUT2D eigenvalue weighted by atomic mass is 9.87. The van der Waals surface area contributed by atoms with Gasteiger partial charge in [-0.15, -0.1) is 0 Å². The van der Waals surface area contributed by atoms with E-state index in [9.17, 15) is 4.79 Å². The quantitative estimate of drug-likeness (QED) is 0.715. The highest BCUT2D eigenvalue weighted by Crippen LogP contribution is 2.31. The molecule has 0 spiro atoms. The third-order valence-electron chi connectivity index (χ3n) is 2.76. The lowest BCUT2D eigenvalue weighted by Crippen LogP contribution is -2.48. The van der Waals surface area contributed by atoms with Crippen LogP contribution in [0, 0.1) is 11.3 Å². The third kappa shape index (κ3) is 3.66. The summed E-state index contributed by atoms with van der Waals surface area (Å²) in [5.41, 5.74) is 5.67. The van der Waals surface area contributed by atoms with Crippen molar-refractivity contribution in [3.05, 3.63) is 0 Å². The first-order valence-electron chi connectivity index (χ1n) is 5.44. The molecule has 0 aromatic heterocycles. The average molecular weight is 198 g/mol. The molecule has 0 bridgehead atoms. The standard InChI is InChI=1S/C11H22N2O/c1-11(2,3)9(12)10(14)13-7-6-8-4-5-8/h8-9H,4-7,12H2,1-3H3,(H,13,14)/t9-/m0/s1. The second kappa shape index (κ2) is 4.30. The highest BCUT2D eigenvalue weighted by molar-refractivity contribution is 5.82. The second-order valence-corrected chi connectivity index (χ2v) is 5.37. The molecule has 1 fully saturated rings. The zero-order valence-corrected chi connectivity index (χ0v) is 9.47. The number of hydrogen-bond donors (Lipinski definition) is 2. The molecule has 0 aliphatic heterocycles. The van der Waals surface area contributed by atoms with Gasteiger partial charge < -0.3 is 11.1 Å². The summed E-state index contributed by atoms with van der Waals surface area (Å²) in [5, 5.41) is 2.90. The minimum absolute atomic E-state index is 0.0156. The van der Waals surface area contributed by atoms with Crippen molar-refractivity contribution in [2.24, 2.45) is 17.1 Å². The van der Waals surface area contributed by atoms with Gasteiger partial charge in [0.1, 0.15) is 0 Å². The third-order valence-corrected chi connectivity index (χ3v) is 2.76. The van der Waals surface area contributed by atoms with Crippen LogP contribution in [0.25, 0.3) is 0 Å². The molecule has 1 amide bonds. The summed E-state index contributed by atoms with van der Waals surface area (Å²) in [6.45, 7) is 6.74. The molecule has 82 valence electrons. The van der Waals surface area contributed by atoms with E-state index >= 15 is 0 Å². The van der Waals surface area contributed by atoms with Crippen LogP contribution in [0.2, 0.25) is 0 Å². The van der Waals surface area contributed by atoms with Crippen LogP contribution >= 0.6 is 0 Å². The van der Waals surface area contributed by atoms with Gasteiger partial charge in [0.25, 0.3) is 0 Å². The summed E-state index contributed by atoms with van der Waals surface area (Å²) in [6.07, 6.45) is 3.78. The molecule has 1 saturated carbocycles. The molecule has 3 nitrogen and oxygen atoms in total. The summed E-state index contributed by atoms with van der Waals surface area (Å²) in [5.74, 6) is 0.847. The fraction of sp³-hybridized carbons (Fsp3) is 0.909. The van der Waals surface area contributed by atoms with Gasteiger partial charge in [0.2, 0.25) is 5.91 Å². The Morgan fingerprint density at radius 3 is 2.50 bits per heavy atom. The Hall–Kier alpha value is -0.570. The molecule has 14 heavy (non-hydrogen) atoms. The van der Waals surface area contributed by atoms with Crippen molar-refractivity contribution in [1.82, 2.24) is 5.32 Å². The fourth-order valence-corrected chi connectivity index (χ4v) is 1.31. The van der Waals surface area contributed by atoms with Crippen LogP contribution in [0.4, 0.5) is 0 Å². The Balaban J connectivity index is 2.19. The summed E-state index contributed by atoms with van der Waals surface area (Å²) in [6, 6.07) is -0.401. The monoisotopic (exact) mass is 198 g/mol. The first-order valence-corrected chi connectivity index (χ1v) is 5.44. The molecule has 1 aliphatic carbocycles. The minimum atomic E-state index is -0.401. The maximum absolute atomic E-state index is 11.6. The molecular formula is C11H22N2O. The van der Waals surface area contributed by atoms with Crippen LogP contribution in [-0.4, -0.2) is 18.5 Å². The largest absolute Gasteiger partial charge is 0.355 e. The van der Waals surface area contributed by atoms with Crippen molar-refractivity contribution in [2.75, 3.05) is 6.54 Å². The summed E-state index contributed by atoms with van der Waals surface area (Å²) >= 11 is 0. The van der Waals surface area contributed by atoms with Crippen molar-refractivity contribution in [2.45, 2.75) is 46.1 Å². The van der Waals surface area contributed by atoms with Gasteiger partial charge in [-0.3, -0.25) is 4.79 Å². The topological polar surface area (TPSA) is 55.1 Å². The van der Waals surface area contributed by atoms with Crippen molar-refractivity contribution >= 4 is 5.91 Å². The number of nitrogens with one attached hydrogen (secondary N) is 1. The Morgan fingerprint density at radius 2 is 2.07 bits per heavy atom. The minimum Gasteiger partial charge on any atom is -0.355 e. The van der Waals surface area contributed by atoms with E-state index in [0.29, 0.717) is 0 Å². The van der Waals surface area contributed by atoms with Crippen molar-refractivity contribution in [3.8, 4) is 0 Å². The first-order chi connectivity index (χ1) is 6.41. The van der Waals surface area contributed by atoms with Crippen LogP contribution in [0.1, 0.15) is 40.0 Å². The van der Waals surface area contributed by atoms with Crippen LogP contribution in [-0.2, 0) is 4.79 Å². The predicted octanol–water partition coefficient (Wildman–Crippen LogP) is 1.28. The fourth-order valence-electron chi connectivity index (χ4n) is 1.31. The molecule has 0 radical (unpaired) electrons. The summed E-state index contributed by atoms with van der Waals surface area (Å²) < 4.78 is 0. The Kier molecular flexibility index (Phi) is 3.53. The van der Waals surface area contributed by atoms with E-state index in [0.717, 1.165) is 18.9 Å². The van der Waals surface area contributed by atoms with Crippen molar-refractivity contribution in [3.63, 3.8) is 0 Å². The maximum Gasteiger partial charge on any atom is 0.237 e. The maximum atomic E-state index is 11.6. The van der Waals surface area contributed by atoms with Crippen molar-refractivity contribution < 1.29 is 4.79 Å². The molecule has 0 unspecified atom stereocenters. The average Bonchev–Trinajstić information content (AvgIpc) is 2.85.